The minimum absolute atomic E-state index is 0.124. The lowest BCUT2D eigenvalue weighted by Gasteiger charge is -2.34. The molecule has 4 nitrogen and oxygen atoms in total. The SMILES string of the molecule is Cc1cccnc1-n1nc(C)c2c1CC(C)(C)C(Br)C2=O. The summed E-state index contributed by atoms with van der Waals surface area (Å²) in [5.74, 6) is 0.928. The molecule has 1 unspecified atom stereocenters. The van der Waals surface area contributed by atoms with Crippen LogP contribution in [0.15, 0.2) is 18.3 Å². The number of aromatic nitrogens is 3. The number of hydrogen-bond acceptors (Lipinski definition) is 3. The van der Waals surface area contributed by atoms with Crippen molar-refractivity contribution in [2.24, 2.45) is 5.41 Å². The molecule has 1 aliphatic rings. The fourth-order valence-corrected chi connectivity index (χ4v) is 3.33. The highest BCUT2D eigenvalue weighted by Gasteiger charge is 2.43. The van der Waals surface area contributed by atoms with Crippen molar-refractivity contribution >= 4 is 21.7 Å². The molecule has 0 aromatic carbocycles. The number of fused-ring (bicyclic) bond motifs is 1. The summed E-state index contributed by atoms with van der Waals surface area (Å²) >= 11 is 3.56. The third kappa shape index (κ3) is 2.14. The highest BCUT2D eigenvalue weighted by Crippen LogP contribution is 2.40. The highest BCUT2D eigenvalue weighted by molar-refractivity contribution is 9.10. The average Bonchev–Trinajstić information content (AvgIpc) is 2.73. The van der Waals surface area contributed by atoms with Crippen LogP contribution in [0.25, 0.3) is 5.82 Å². The molecule has 0 amide bonds. The maximum atomic E-state index is 12.7. The molecule has 0 saturated carbocycles. The molecule has 5 heteroatoms. The zero-order valence-electron chi connectivity index (χ0n) is 12.6. The molecule has 0 fully saturated rings. The molecule has 2 aromatic rings. The first-order chi connectivity index (χ1) is 9.83. The summed E-state index contributed by atoms with van der Waals surface area (Å²) < 4.78 is 1.85. The molecule has 0 saturated heterocycles. The van der Waals surface area contributed by atoms with Gasteiger partial charge in [0, 0.05) is 6.20 Å². The van der Waals surface area contributed by atoms with Gasteiger partial charge in [-0.2, -0.15) is 5.10 Å². The molecule has 0 spiro atoms. The molecule has 0 aliphatic heterocycles. The first kappa shape index (κ1) is 14.4. The number of aryl methyl sites for hydroxylation is 2. The largest absolute Gasteiger partial charge is 0.293 e. The molecule has 0 bridgehead atoms. The van der Waals surface area contributed by atoms with Gasteiger partial charge in [-0.15, -0.1) is 0 Å². The van der Waals surface area contributed by atoms with Crippen molar-refractivity contribution in [1.82, 2.24) is 14.8 Å². The zero-order valence-corrected chi connectivity index (χ0v) is 14.2. The summed E-state index contributed by atoms with van der Waals surface area (Å²) in [6.07, 6.45) is 2.55. The first-order valence-corrected chi connectivity index (χ1v) is 7.93. The number of carbonyl (C=O) groups excluding carboxylic acids is 1. The van der Waals surface area contributed by atoms with Gasteiger partial charge >= 0.3 is 0 Å². The van der Waals surface area contributed by atoms with Gasteiger partial charge in [0.25, 0.3) is 0 Å². The number of Topliss-reactive ketones (excluding diaryl/α,β-unsaturated/α-hetero) is 1. The van der Waals surface area contributed by atoms with Crippen LogP contribution in [0.5, 0.6) is 0 Å². The molecule has 110 valence electrons. The maximum Gasteiger partial charge on any atom is 0.180 e. The number of ketones is 1. The van der Waals surface area contributed by atoms with Gasteiger partial charge in [0.1, 0.15) is 0 Å². The average molecular weight is 348 g/mol. The van der Waals surface area contributed by atoms with E-state index in [1.165, 1.54) is 0 Å². The van der Waals surface area contributed by atoms with Crippen molar-refractivity contribution in [2.45, 2.75) is 38.9 Å². The molecule has 1 aliphatic carbocycles. The van der Waals surface area contributed by atoms with Crippen LogP contribution >= 0.6 is 15.9 Å². The number of hydrogen-bond donors (Lipinski definition) is 0. The van der Waals surface area contributed by atoms with E-state index in [0.29, 0.717) is 0 Å². The van der Waals surface area contributed by atoms with E-state index in [0.717, 1.165) is 34.8 Å². The van der Waals surface area contributed by atoms with E-state index < -0.39 is 0 Å². The summed E-state index contributed by atoms with van der Waals surface area (Å²) in [5.41, 5.74) is 3.41. The lowest BCUT2D eigenvalue weighted by Crippen LogP contribution is -2.39. The minimum Gasteiger partial charge on any atom is -0.293 e. The van der Waals surface area contributed by atoms with Gasteiger partial charge in [0.15, 0.2) is 11.6 Å². The maximum absolute atomic E-state index is 12.7. The van der Waals surface area contributed by atoms with Crippen molar-refractivity contribution in [2.75, 3.05) is 0 Å². The van der Waals surface area contributed by atoms with Crippen LogP contribution in [0.3, 0.4) is 0 Å². The molecular formula is C16H18BrN3O. The van der Waals surface area contributed by atoms with Gasteiger partial charge < -0.3 is 0 Å². The quantitative estimate of drug-likeness (QED) is 0.742. The standard InChI is InChI=1S/C16H18BrN3O/c1-9-6-5-7-18-15(9)20-11-8-16(3,4)14(17)13(21)12(11)10(2)19-20/h5-7,14H,8H2,1-4H3. The van der Waals surface area contributed by atoms with E-state index in [1.54, 1.807) is 6.20 Å². The fourth-order valence-electron chi connectivity index (χ4n) is 2.94. The predicted molar refractivity (Wildman–Crippen MR) is 85.4 cm³/mol. The molecular weight excluding hydrogens is 330 g/mol. The third-order valence-corrected chi connectivity index (χ3v) is 5.78. The van der Waals surface area contributed by atoms with E-state index in [-0.39, 0.29) is 16.0 Å². The van der Waals surface area contributed by atoms with E-state index in [9.17, 15) is 4.79 Å². The fraction of sp³-hybridized carbons (Fsp3) is 0.438. The lowest BCUT2D eigenvalue weighted by molar-refractivity contribution is 0.0927. The Kier molecular flexibility index (Phi) is 3.28. The smallest absolute Gasteiger partial charge is 0.180 e. The number of nitrogens with zero attached hydrogens (tertiary/aromatic N) is 3. The Labute approximate surface area is 132 Å². The van der Waals surface area contributed by atoms with Gasteiger partial charge in [-0.05, 0) is 37.3 Å². The molecule has 3 rings (SSSR count). The Bertz CT molecular complexity index is 733. The molecule has 2 aromatic heterocycles. The normalized spacial score (nSPS) is 20.4. The first-order valence-electron chi connectivity index (χ1n) is 7.01. The summed E-state index contributed by atoms with van der Waals surface area (Å²) in [4.78, 5) is 16.9. The Morgan fingerprint density at radius 1 is 1.38 bits per heavy atom. The third-order valence-electron chi connectivity index (χ3n) is 4.12. The second-order valence-corrected chi connectivity index (χ2v) is 7.27. The number of rotatable bonds is 1. The Hall–Kier alpha value is -1.49. The summed E-state index contributed by atoms with van der Waals surface area (Å²) in [7, 11) is 0. The van der Waals surface area contributed by atoms with Gasteiger partial charge in [0.05, 0.1) is 21.8 Å². The Balaban J connectivity index is 2.25. The van der Waals surface area contributed by atoms with Gasteiger partial charge in [-0.3, -0.25) is 4.79 Å². The van der Waals surface area contributed by atoms with Crippen LogP contribution < -0.4 is 0 Å². The van der Waals surface area contributed by atoms with Crippen molar-refractivity contribution in [1.29, 1.82) is 0 Å². The second-order valence-electron chi connectivity index (χ2n) is 6.35. The van der Waals surface area contributed by atoms with Crippen LogP contribution in [0.1, 0.15) is 41.2 Å². The molecule has 0 N–H and O–H groups in total. The van der Waals surface area contributed by atoms with Crippen molar-refractivity contribution < 1.29 is 4.79 Å². The van der Waals surface area contributed by atoms with Crippen molar-refractivity contribution in [3.63, 3.8) is 0 Å². The van der Waals surface area contributed by atoms with E-state index in [4.69, 9.17) is 0 Å². The molecule has 0 radical (unpaired) electrons. The number of halogens is 1. The van der Waals surface area contributed by atoms with Crippen LogP contribution in [0, 0.1) is 19.3 Å². The van der Waals surface area contributed by atoms with Gasteiger partial charge in [-0.25, -0.2) is 9.67 Å². The highest BCUT2D eigenvalue weighted by atomic mass is 79.9. The predicted octanol–water partition coefficient (Wildman–Crippen LogP) is 3.41. The second kappa shape index (κ2) is 4.77. The van der Waals surface area contributed by atoms with E-state index >= 15 is 0 Å². The van der Waals surface area contributed by atoms with Gasteiger partial charge in [0.2, 0.25) is 0 Å². The minimum atomic E-state index is -0.168. The van der Waals surface area contributed by atoms with Crippen molar-refractivity contribution in [3.05, 3.63) is 40.8 Å². The monoisotopic (exact) mass is 347 g/mol. The van der Waals surface area contributed by atoms with Crippen LogP contribution in [0.4, 0.5) is 0 Å². The summed E-state index contributed by atoms with van der Waals surface area (Å²) in [5, 5.41) is 4.59. The summed E-state index contributed by atoms with van der Waals surface area (Å²) in [6.45, 7) is 8.11. The van der Waals surface area contributed by atoms with E-state index in [2.05, 4.69) is 39.9 Å². The summed E-state index contributed by atoms with van der Waals surface area (Å²) in [6, 6.07) is 3.92. The Morgan fingerprint density at radius 3 is 2.76 bits per heavy atom. The van der Waals surface area contributed by atoms with Crippen molar-refractivity contribution in [3.8, 4) is 5.82 Å². The number of pyridine rings is 1. The number of carbonyl (C=O) groups is 1. The van der Waals surface area contributed by atoms with Gasteiger partial charge in [-0.1, -0.05) is 35.8 Å². The topological polar surface area (TPSA) is 47.8 Å². The molecule has 21 heavy (non-hydrogen) atoms. The number of alkyl halides is 1. The van der Waals surface area contributed by atoms with E-state index in [1.807, 2.05) is 30.7 Å². The van der Waals surface area contributed by atoms with Crippen LogP contribution in [0.2, 0.25) is 0 Å². The zero-order chi connectivity index (χ0) is 15.4. The van der Waals surface area contributed by atoms with Crippen LogP contribution in [-0.2, 0) is 6.42 Å². The Morgan fingerprint density at radius 2 is 2.10 bits per heavy atom. The molecule has 1 atom stereocenters. The molecule has 2 heterocycles. The van der Waals surface area contributed by atoms with Crippen LogP contribution in [-0.4, -0.2) is 25.4 Å². The lowest BCUT2D eigenvalue weighted by atomic mass is 9.75.